The molecule has 3 rings (SSSR count). The van der Waals surface area contributed by atoms with Crippen LogP contribution in [0.4, 0.5) is 5.69 Å². The Balaban J connectivity index is 1.98. The van der Waals surface area contributed by atoms with Gasteiger partial charge in [0.15, 0.2) is 5.76 Å². The van der Waals surface area contributed by atoms with Crippen LogP contribution in [0.15, 0.2) is 46.9 Å². The summed E-state index contributed by atoms with van der Waals surface area (Å²) in [5.41, 5.74) is 3.63. The Morgan fingerprint density at radius 3 is 2.40 bits per heavy atom. The number of alkyl halides is 1. The maximum absolute atomic E-state index is 12.7. The van der Waals surface area contributed by atoms with Gasteiger partial charge in [-0.25, -0.2) is 0 Å². The lowest BCUT2D eigenvalue weighted by molar-refractivity contribution is -0.115. The minimum atomic E-state index is -0.625. The summed E-state index contributed by atoms with van der Waals surface area (Å²) in [7, 11) is 0. The molecule has 25 heavy (non-hydrogen) atoms. The summed E-state index contributed by atoms with van der Waals surface area (Å²) in [5, 5.41) is 2.90. The average molecular weight is 356 g/mol. The molecule has 0 bridgehead atoms. The maximum Gasteiger partial charge on any atom is 0.242 e. The summed E-state index contributed by atoms with van der Waals surface area (Å²) in [5.74, 6) is -0.125. The van der Waals surface area contributed by atoms with Gasteiger partial charge in [0.05, 0.1) is 0 Å². The van der Waals surface area contributed by atoms with Crippen LogP contribution in [-0.2, 0) is 4.79 Å². The van der Waals surface area contributed by atoms with Crippen molar-refractivity contribution in [2.45, 2.75) is 26.1 Å². The van der Waals surface area contributed by atoms with E-state index in [1.54, 1.807) is 37.3 Å². The molecule has 1 aromatic heterocycles. The molecule has 0 aliphatic heterocycles. The molecule has 0 radical (unpaired) electrons. The van der Waals surface area contributed by atoms with E-state index >= 15 is 0 Å². The zero-order chi connectivity index (χ0) is 18.1. The topological polar surface area (TPSA) is 59.3 Å². The molecule has 3 aromatic rings. The van der Waals surface area contributed by atoms with Crippen LogP contribution in [0.5, 0.6) is 0 Å². The molecule has 5 heteroatoms. The minimum Gasteiger partial charge on any atom is -0.452 e. The first kappa shape index (κ1) is 17.2. The molecule has 0 aliphatic carbocycles. The van der Waals surface area contributed by atoms with Gasteiger partial charge in [-0.05, 0) is 39.0 Å². The number of carbonyl (C=O) groups excluding carboxylic acids is 2. The van der Waals surface area contributed by atoms with Crippen molar-refractivity contribution in [3.63, 3.8) is 0 Å². The highest BCUT2D eigenvalue weighted by molar-refractivity contribution is 6.32. The lowest BCUT2D eigenvalue weighted by atomic mass is 10.0. The van der Waals surface area contributed by atoms with Gasteiger partial charge < -0.3 is 9.73 Å². The summed E-state index contributed by atoms with van der Waals surface area (Å²) in [6, 6.07) is 12.6. The molecular formula is C20H18ClNO3. The average Bonchev–Trinajstić information content (AvgIpc) is 2.91. The number of fused-ring (bicyclic) bond motifs is 1. The van der Waals surface area contributed by atoms with E-state index in [1.165, 1.54) is 0 Å². The Hall–Kier alpha value is -2.59. The summed E-state index contributed by atoms with van der Waals surface area (Å²) in [6.07, 6.45) is 0. The molecule has 1 atom stereocenters. The molecule has 0 spiro atoms. The molecule has 1 heterocycles. The molecule has 128 valence electrons. The van der Waals surface area contributed by atoms with Crippen LogP contribution >= 0.6 is 11.6 Å². The van der Waals surface area contributed by atoms with E-state index < -0.39 is 5.38 Å². The fraction of sp³-hybridized carbons (Fsp3) is 0.200. The third-order valence-electron chi connectivity index (χ3n) is 4.08. The van der Waals surface area contributed by atoms with Crippen molar-refractivity contribution < 1.29 is 14.0 Å². The van der Waals surface area contributed by atoms with Crippen LogP contribution in [0.2, 0.25) is 0 Å². The maximum atomic E-state index is 12.7. The number of anilines is 1. The molecule has 0 fully saturated rings. The second-order valence-electron chi connectivity index (χ2n) is 6.07. The van der Waals surface area contributed by atoms with Gasteiger partial charge in [-0.2, -0.15) is 0 Å². The highest BCUT2D eigenvalue weighted by atomic mass is 35.5. The van der Waals surface area contributed by atoms with Gasteiger partial charge in [0, 0.05) is 22.2 Å². The summed E-state index contributed by atoms with van der Waals surface area (Å²) in [4.78, 5) is 24.5. The first-order valence-electron chi connectivity index (χ1n) is 7.96. The third-order valence-corrected chi connectivity index (χ3v) is 4.28. The van der Waals surface area contributed by atoms with Crippen molar-refractivity contribution in [2.24, 2.45) is 0 Å². The molecule has 0 aliphatic rings. The van der Waals surface area contributed by atoms with Gasteiger partial charge in [-0.1, -0.05) is 29.8 Å². The van der Waals surface area contributed by atoms with E-state index in [-0.39, 0.29) is 11.7 Å². The van der Waals surface area contributed by atoms with Gasteiger partial charge in [0.1, 0.15) is 11.0 Å². The second kappa shape index (κ2) is 6.73. The fourth-order valence-electron chi connectivity index (χ4n) is 2.59. The van der Waals surface area contributed by atoms with Crippen LogP contribution in [0.3, 0.4) is 0 Å². The number of aryl methyl sites for hydroxylation is 2. The number of carbonyl (C=O) groups is 2. The zero-order valence-electron chi connectivity index (χ0n) is 14.2. The van der Waals surface area contributed by atoms with Crippen molar-refractivity contribution in [1.29, 1.82) is 0 Å². The predicted molar refractivity (Wildman–Crippen MR) is 99.5 cm³/mol. The van der Waals surface area contributed by atoms with Crippen molar-refractivity contribution in [2.75, 3.05) is 5.32 Å². The number of amides is 1. The van der Waals surface area contributed by atoms with Crippen LogP contribution in [-0.4, -0.2) is 17.1 Å². The number of benzene rings is 2. The Morgan fingerprint density at radius 1 is 1.08 bits per heavy atom. The van der Waals surface area contributed by atoms with E-state index in [2.05, 4.69) is 5.32 Å². The van der Waals surface area contributed by atoms with Crippen LogP contribution in [0, 0.1) is 13.8 Å². The number of ketones is 1. The predicted octanol–water partition coefficient (Wildman–Crippen LogP) is 4.85. The number of furan rings is 1. The highest BCUT2D eigenvalue weighted by Gasteiger charge is 2.20. The number of rotatable bonds is 4. The van der Waals surface area contributed by atoms with Crippen LogP contribution < -0.4 is 5.32 Å². The first-order chi connectivity index (χ1) is 11.9. The van der Waals surface area contributed by atoms with E-state index in [4.69, 9.17) is 16.0 Å². The largest absolute Gasteiger partial charge is 0.452 e. The monoisotopic (exact) mass is 355 g/mol. The zero-order valence-corrected chi connectivity index (χ0v) is 15.0. The Kier molecular flexibility index (Phi) is 4.64. The Morgan fingerprint density at radius 2 is 1.76 bits per heavy atom. The van der Waals surface area contributed by atoms with Crippen molar-refractivity contribution in [1.82, 2.24) is 0 Å². The van der Waals surface area contributed by atoms with Crippen molar-refractivity contribution in [3.8, 4) is 0 Å². The van der Waals surface area contributed by atoms with Crippen LogP contribution in [0.1, 0.15) is 34.2 Å². The fourth-order valence-corrected chi connectivity index (χ4v) is 2.65. The molecule has 1 amide bonds. The number of halogens is 1. The van der Waals surface area contributed by atoms with Gasteiger partial charge in [0.25, 0.3) is 0 Å². The number of hydrogen-bond acceptors (Lipinski definition) is 3. The van der Waals surface area contributed by atoms with Gasteiger partial charge in [-0.15, -0.1) is 11.6 Å². The highest BCUT2D eigenvalue weighted by Crippen LogP contribution is 2.29. The van der Waals surface area contributed by atoms with E-state index in [0.29, 0.717) is 22.6 Å². The van der Waals surface area contributed by atoms with Crippen molar-refractivity contribution >= 4 is 39.9 Å². The standard InChI is InChI=1S/C20H18ClNO3/c1-11-4-6-14(7-5-11)18(23)19-12(2)16-10-15(8-9-17(16)25-19)22-20(24)13(3)21/h4-10,13H,1-3H3,(H,22,24). The van der Waals surface area contributed by atoms with Gasteiger partial charge in [0.2, 0.25) is 11.7 Å². The van der Waals surface area contributed by atoms with E-state index in [9.17, 15) is 9.59 Å². The van der Waals surface area contributed by atoms with Crippen molar-refractivity contribution in [3.05, 3.63) is 64.9 Å². The lowest BCUT2D eigenvalue weighted by Gasteiger charge is -2.06. The molecular weight excluding hydrogens is 338 g/mol. The molecule has 1 N–H and O–H groups in total. The van der Waals surface area contributed by atoms with Gasteiger partial charge in [-0.3, -0.25) is 9.59 Å². The molecule has 0 saturated carbocycles. The Labute approximate surface area is 150 Å². The summed E-state index contributed by atoms with van der Waals surface area (Å²) >= 11 is 5.78. The molecule has 2 aromatic carbocycles. The first-order valence-corrected chi connectivity index (χ1v) is 8.40. The number of nitrogens with one attached hydrogen (secondary N) is 1. The third kappa shape index (κ3) is 3.44. The van der Waals surface area contributed by atoms with Crippen LogP contribution in [0.25, 0.3) is 11.0 Å². The molecule has 4 nitrogen and oxygen atoms in total. The van der Waals surface area contributed by atoms with E-state index in [0.717, 1.165) is 16.5 Å². The molecule has 0 saturated heterocycles. The molecule has 1 unspecified atom stereocenters. The Bertz CT molecular complexity index is 955. The summed E-state index contributed by atoms with van der Waals surface area (Å²) in [6.45, 7) is 5.41. The number of hydrogen-bond donors (Lipinski definition) is 1. The smallest absolute Gasteiger partial charge is 0.242 e. The minimum absolute atomic E-state index is 0.159. The SMILES string of the molecule is Cc1ccc(C(=O)c2oc3ccc(NC(=O)C(C)Cl)cc3c2C)cc1. The van der Waals surface area contributed by atoms with Gasteiger partial charge >= 0.3 is 0 Å². The second-order valence-corrected chi connectivity index (χ2v) is 6.72. The quantitative estimate of drug-likeness (QED) is 0.537. The summed E-state index contributed by atoms with van der Waals surface area (Å²) < 4.78 is 5.76. The normalized spacial score (nSPS) is 12.2. The lowest BCUT2D eigenvalue weighted by Crippen LogP contribution is -2.20. The van der Waals surface area contributed by atoms with E-state index in [1.807, 2.05) is 26.0 Å².